The first-order valence-electron chi connectivity index (χ1n) is 32.0. The molecule has 94 heavy (non-hydrogen) atoms. The van der Waals surface area contributed by atoms with Crippen molar-refractivity contribution in [2.45, 2.75) is 40.0 Å². The van der Waals surface area contributed by atoms with Gasteiger partial charge >= 0.3 is 0 Å². The summed E-state index contributed by atoms with van der Waals surface area (Å²) in [5.74, 6) is 3.39. The summed E-state index contributed by atoms with van der Waals surface area (Å²) in [7, 11) is 0. The molecule has 1 aliphatic rings. The number of hydrogen-bond donors (Lipinski definition) is 0. The van der Waals surface area contributed by atoms with Gasteiger partial charge in [-0.2, -0.15) is 19.9 Å². The number of hydrogen-bond acceptors (Lipinski definition) is 7. The van der Waals surface area contributed by atoms with Crippen LogP contribution in [-0.4, -0.2) is 34.5 Å². The van der Waals surface area contributed by atoms with Gasteiger partial charge < -0.3 is 0 Å². The maximum Gasteiger partial charge on any atom is 0.238 e. The smallest absolute Gasteiger partial charge is 0.238 e. The molecule has 0 amide bonds. The fraction of sp³-hybridized carbons (Fsp3) is 0.0698. The van der Waals surface area contributed by atoms with E-state index in [9.17, 15) is 0 Å². The molecule has 15 aromatic rings. The lowest BCUT2D eigenvalue weighted by Gasteiger charge is -2.41. The van der Waals surface area contributed by atoms with Crippen molar-refractivity contribution >= 4 is 28.2 Å². The van der Waals surface area contributed by atoms with Crippen molar-refractivity contribution in [3.63, 3.8) is 0 Å². The van der Waals surface area contributed by atoms with Crippen LogP contribution in [0.2, 0.25) is 0 Å². The minimum Gasteiger partial charge on any atom is -0.282 e. The second kappa shape index (κ2) is 23.7. The zero-order valence-corrected chi connectivity index (χ0v) is 52.9. The summed E-state index contributed by atoms with van der Waals surface area (Å²) in [5, 5.41) is 1.10. The van der Waals surface area contributed by atoms with E-state index in [4.69, 9.17) is 29.9 Å². The summed E-state index contributed by atoms with van der Waals surface area (Å²) in [5.41, 5.74) is 25.3. The predicted molar refractivity (Wildman–Crippen MR) is 385 cm³/mol. The maximum atomic E-state index is 5.65. The van der Waals surface area contributed by atoms with E-state index in [0.717, 1.165) is 117 Å². The van der Waals surface area contributed by atoms with Crippen molar-refractivity contribution in [2.24, 2.45) is 0 Å². The molecule has 12 aromatic carbocycles. The zero-order valence-electron chi connectivity index (χ0n) is 52.9. The molecule has 448 valence electrons. The van der Waals surface area contributed by atoms with Crippen LogP contribution in [0.4, 0.5) is 17.3 Å². The van der Waals surface area contributed by atoms with Crippen LogP contribution in [0.3, 0.4) is 0 Å². The first-order valence-corrected chi connectivity index (χ1v) is 32.0. The van der Waals surface area contributed by atoms with Gasteiger partial charge in [0.15, 0.2) is 17.5 Å². The monoisotopic (exact) mass is 1210 g/mol. The first-order chi connectivity index (χ1) is 46.0. The second-order valence-electron chi connectivity index (χ2n) is 24.9. The first kappa shape index (κ1) is 57.2. The van der Waals surface area contributed by atoms with Crippen molar-refractivity contribution in [3.05, 3.63) is 325 Å². The average Bonchev–Trinajstić information content (AvgIpc) is 1.25. The van der Waals surface area contributed by atoms with Crippen LogP contribution in [0, 0.1) is 20.8 Å². The minimum absolute atomic E-state index is 0.486. The van der Waals surface area contributed by atoms with E-state index in [0.29, 0.717) is 35.2 Å². The van der Waals surface area contributed by atoms with Crippen LogP contribution in [0.25, 0.3) is 129 Å². The topological polar surface area (TPSA) is 85.5 Å². The number of anilines is 3. The summed E-state index contributed by atoms with van der Waals surface area (Å²) in [6, 6.07) is 106. The maximum absolute atomic E-state index is 5.65. The highest BCUT2D eigenvalue weighted by Gasteiger charge is 2.40. The number of aromatic nitrogens is 7. The number of nitrogens with zero attached hydrogens (tertiary/aromatic N) is 8. The zero-order chi connectivity index (χ0) is 63.4. The average molecular weight is 1210 g/mol. The van der Waals surface area contributed by atoms with Gasteiger partial charge in [-0.1, -0.05) is 238 Å². The number of benzene rings is 12. The summed E-state index contributed by atoms with van der Waals surface area (Å²) in [6.45, 7) is 11.0. The molecular weight excluding hydrogens is 1150 g/mol. The standard InChI is InChI=1S/C86H64N8/c1-55-56(2)93(84-88-57(3)87-81(90-84)62-34-20-10-21-35-62)79-54-80-77(53-75(55)79)86(4,5)76-52-67(64-38-24-39-65(44-64)73-48-69(58-26-12-6-13-27-58)46-70(49-73)59-28-14-7-15-29-59)42-43-78(76)94(80)85-91-82(63-36-22-11-23-37-63)89-83(92-85)68-41-25-40-66(45-68)74-50-71(60-30-16-8-17-31-60)47-72(51-74)61-32-18-9-19-33-61/h6-54H,1-5H3. The predicted octanol–water partition coefficient (Wildman–Crippen LogP) is 21.7. The van der Waals surface area contributed by atoms with Crippen LogP contribution in [0.5, 0.6) is 0 Å². The molecule has 0 N–H and O–H groups in total. The third-order valence-corrected chi connectivity index (χ3v) is 18.6. The molecule has 8 nitrogen and oxygen atoms in total. The minimum atomic E-state index is -0.538. The van der Waals surface area contributed by atoms with E-state index in [-0.39, 0.29) is 0 Å². The van der Waals surface area contributed by atoms with Crippen molar-refractivity contribution in [2.75, 3.05) is 4.90 Å². The highest BCUT2D eigenvalue weighted by atomic mass is 15.3. The third kappa shape index (κ3) is 10.6. The van der Waals surface area contributed by atoms with Gasteiger partial charge in [0.1, 0.15) is 5.82 Å². The lowest BCUT2D eigenvalue weighted by Crippen LogP contribution is -2.31. The summed E-state index contributed by atoms with van der Waals surface area (Å²) in [6.07, 6.45) is 0. The molecule has 1 aliphatic heterocycles. The van der Waals surface area contributed by atoms with Crippen molar-refractivity contribution in [1.29, 1.82) is 0 Å². The van der Waals surface area contributed by atoms with E-state index in [1.54, 1.807) is 0 Å². The fourth-order valence-corrected chi connectivity index (χ4v) is 13.5. The molecule has 0 saturated carbocycles. The van der Waals surface area contributed by atoms with Crippen molar-refractivity contribution in [1.82, 2.24) is 34.5 Å². The van der Waals surface area contributed by atoms with Crippen molar-refractivity contribution in [3.8, 4) is 118 Å². The number of fused-ring (bicyclic) bond motifs is 3. The molecule has 0 saturated heterocycles. The van der Waals surface area contributed by atoms with E-state index in [2.05, 4.69) is 286 Å². The molecule has 3 aromatic heterocycles. The number of rotatable bonds is 12. The molecule has 0 radical (unpaired) electrons. The lowest BCUT2D eigenvalue weighted by molar-refractivity contribution is 0.632. The van der Waals surface area contributed by atoms with E-state index in [1.807, 2.05) is 55.5 Å². The fourth-order valence-electron chi connectivity index (χ4n) is 13.5. The quantitative estimate of drug-likeness (QED) is 0.120. The molecule has 0 bridgehead atoms. The molecule has 8 heteroatoms. The van der Waals surface area contributed by atoms with Gasteiger partial charge in [0.2, 0.25) is 11.9 Å². The van der Waals surface area contributed by atoms with Crippen LogP contribution in [0.1, 0.15) is 42.1 Å². The molecule has 16 rings (SSSR count). The molecule has 0 fully saturated rings. The highest BCUT2D eigenvalue weighted by molar-refractivity contribution is 5.97. The van der Waals surface area contributed by atoms with Gasteiger partial charge in [-0.05, 0) is 188 Å². The Labute approximate surface area is 548 Å². The highest BCUT2D eigenvalue weighted by Crippen LogP contribution is 2.54. The molecule has 4 heterocycles. The third-order valence-electron chi connectivity index (χ3n) is 18.6. The largest absolute Gasteiger partial charge is 0.282 e. The summed E-state index contributed by atoms with van der Waals surface area (Å²) in [4.78, 5) is 34.0. The van der Waals surface area contributed by atoms with Crippen LogP contribution >= 0.6 is 0 Å². The van der Waals surface area contributed by atoms with Gasteiger partial charge in [-0.3, -0.25) is 9.47 Å². The SMILES string of the molecule is Cc1nc(-c2ccccc2)nc(-n2c(C)c(C)c3cc4c(cc32)N(c2nc(-c3ccccc3)nc(-c3cccc(-c5cc(-c6ccccc6)cc(-c6ccccc6)c5)c3)n2)c2ccc(-c3cccc(-c5cc(-c6ccccc6)cc(-c6ccccc6)c5)c3)cc2C4(C)C)n1. The molecule has 0 aliphatic carbocycles. The Morgan fingerprint density at radius 3 is 1.10 bits per heavy atom. The Morgan fingerprint density at radius 2 is 0.617 bits per heavy atom. The Kier molecular flexibility index (Phi) is 14.4. The van der Waals surface area contributed by atoms with Gasteiger partial charge in [-0.15, -0.1) is 0 Å². The number of aryl methyl sites for hydroxylation is 2. The molecule has 0 spiro atoms. The van der Waals surface area contributed by atoms with Crippen LogP contribution in [-0.2, 0) is 5.41 Å². The van der Waals surface area contributed by atoms with E-state index >= 15 is 0 Å². The Bertz CT molecular complexity index is 5240. The van der Waals surface area contributed by atoms with Crippen molar-refractivity contribution < 1.29 is 0 Å². The van der Waals surface area contributed by atoms with E-state index < -0.39 is 5.41 Å². The van der Waals surface area contributed by atoms with E-state index in [1.165, 1.54) is 22.3 Å². The van der Waals surface area contributed by atoms with Crippen LogP contribution < -0.4 is 4.90 Å². The molecule has 0 unspecified atom stereocenters. The van der Waals surface area contributed by atoms with Gasteiger partial charge in [-0.25, -0.2) is 9.97 Å². The van der Waals surface area contributed by atoms with Gasteiger partial charge in [0.25, 0.3) is 0 Å². The Hall–Kier alpha value is -12.0. The second-order valence-corrected chi connectivity index (χ2v) is 24.9. The lowest BCUT2D eigenvalue weighted by atomic mass is 9.72. The summed E-state index contributed by atoms with van der Waals surface area (Å²) >= 11 is 0. The van der Waals surface area contributed by atoms with Crippen LogP contribution in [0.15, 0.2) is 297 Å². The molecular formula is C86H64N8. The Morgan fingerprint density at radius 1 is 0.266 bits per heavy atom. The van der Waals surface area contributed by atoms with Gasteiger partial charge in [0.05, 0.1) is 16.9 Å². The molecule has 0 atom stereocenters. The van der Waals surface area contributed by atoms with Gasteiger partial charge in [0, 0.05) is 33.2 Å². The summed E-state index contributed by atoms with van der Waals surface area (Å²) < 4.78 is 2.19. The Balaban J connectivity index is 0.892. The normalized spacial score (nSPS) is 12.4.